The van der Waals surface area contributed by atoms with Gasteiger partial charge in [-0.2, -0.15) is 17.4 Å². The maximum absolute atomic E-state index is 12.5. The number of para-hydroxylation sites is 1. The van der Waals surface area contributed by atoms with Crippen molar-refractivity contribution in [2.24, 2.45) is 5.92 Å². The van der Waals surface area contributed by atoms with Gasteiger partial charge in [-0.15, -0.1) is 0 Å². The van der Waals surface area contributed by atoms with E-state index in [-0.39, 0.29) is 0 Å². The van der Waals surface area contributed by atoms with Gasteiger partial charge in [0.05, 0.1) is 6.04 Å². The van der Waals surface area contributed by atoms with Crippen LogP contribution >= 0.6 is 0 Å². The van der Waals surface area contributed by atoms with E-state index in [1.807, 2.05) is 37.3 Å². The highest BCUT2D eigenvalue weighted by Crippen LogP contribution is 2.25. The Labute approximate surface area is 131 Å². The lowest BCUT2D eigenvalue weighted by Gasteiger charge is -2.30. The summed E-state index contributed by atoms with van der Waals surface area (Å²) in [6.45, 7) is 5.07. The van der Waals surface area contributed by atoms with Crippen LogP contribution in [-0.4, -0.2) is 25.8 Å². The topological polar surface area (TPSA) is 62.6 Å². The quantitative estimate of drug-likeness (QED) is 0.941. The average molecular weight is 322 g/mol. The van der Waals surface area contributed by atoms with Crippen LogP contribution in [0.15, 0.2) is 34.7 Å². The summed E-state index contributed by atoms with van der Waals surface area (Å²) in [5.41, 5.74) is 0.773. The molecule has 1 N–H and O–H groups in total. The number of piperidine rings is 1. The molecule has 0 unspecified atom stereocenters. The molecule has 120 valence electrons. The van der Waals surface area contributed by atoms with Crippen LogP contribution in [0.4, 0.5) is 0 Å². The Hall–Kier alpha value is -1.37. The summed E-state index contributed by atoms with van der Waals surface area (Å²) in [6.07, 6.45) is 2.01. The molecule has 1 aromatic carbocycles. The second-order valence-corrected chi connectivity index (χ2v) is 7.84. The molecule has 6 heteroatoms. The Morgan fingerprint density at radius 2 is 2.14 bits per heavy atom. The van der Waals surface area contributed by atoms with Gasteiger partial charge in [0.15, 0.2) is 0 Å². The molecule has 2 atom stereocenters. The molecule has 22 heavy (non-hydrogen) atoms. The molecule has 1 saturated heterocycles. The molecule has 0 aliphatic carbocycles. The SMILES string of the molecule is C[C@@H]1CCCN(S(=O)(=O)N[C@H](C)c2cc3ccccc3o2)C1. The maximum atomic E-state index is 12.5. The van der Waals surface area contributed by atoms with Crippen LogP contribution in [0.5, 0.6) is 0 Å². The van der Waals surface area contributed by atoms with E-state index in [0.29, 0.717) is 24.8 Å². The van der Waals surface area contributed by atoms with Crippen LogP contribution in [-0.2, 0) is 10.2 Å². The number of hydrogen-bond donors (Lipinski definition) is 1. The third kappa shape index (κ3) is 3.19. The number of rotatable bonds is 4. The number of benzene rings is 1. The van der Waals surface area contributed by atoms with E-state index in [0.717, 1.165) is 23.8 Å². The van der Waals surface area contributed by atoms with Crippen LogP contribution in [0.3, 0.4) is 0 Å². The van der Waals surface area contributed by atoms with E-state index in [9.17, 15) is 8.42 Å². The fourth-order valence-corrected chi connectivity index (χ4v) is 4.47. The van der Waals surface area contributed by atoms with Gasteiger partial charge >= 0.3 is 0 Å². The lowest BCUT2D eigenvalue weighted by atomic mass is 10.0. The predicted octanol–water partition coefficient (Wildman–Crippen LogP) is 3.06. The Balaban J connectivity index is 1.76. The van der Waals surface area contributed by atoms with E-state index in [4.69, 9.17) is 4.42 Å². The van der Waals surface area contributed by atoms with E-state index in [1.54, 1.807) is 4.31 Å². The lowest BCUT2D eigenvalue weighted by Crippen LogP contribution is -2.46. The van der Waals surface area contributed by atoms with Gasteiger partial charge in [0.25, 0.3) is 10.2 Å². The second kappa shape index (κ2) is 6.02. The standard InChI is InChI=1S/C16H22N2O3S/c1-12-6-5-9-18(11-12)22(19,20)17-13(2)16-10-14-7-3-4-8-15(14)21-16/h3-4,7-8,10,12-13,17H,5-6,9,11H2,1-2H3/t12-,13-/m1/s1. The van der Waals surface area contributed by atoms with Gasteiger partial charge in [0, 0.05) is 18.5 Å². The van der Waals surface area contributed by atoms with Crippen molar-refractivity contribution in [2.75, 3.05) is 13.1 Å². The zero-order chi connectivity index (χ0) is 15.7. The molecule has 5 nitrogen and oxygen atoms in total. The van der Waals surface area contributed by atoms with Gasteiger partial charge in [-0.3, -0.25) is 0 Å². The molecule has 2 heterocycles. The van der Waals surface area contributed by atoms with Crippen molar-refractivity contribution in [3.63, 3.8) is 0 Å². The Morgan fingerprint density at radius 1 is 1.36 bits per heavy atom. The van der Waals surface area contributed by atoms with Crippen molar-refractivity contribution in [1.82, 2.24) is 9.03 Å². The first-order valence-corrected chi connectivity index (χ1v) is 9.15. The Morgan fingerprint density at radius 3 is 2.86 bits per heavy atom. The van der Waals surface area contributed by atoms with Crippen molar-refractivity contribution in [1.29, 1.82) is 0 Å². The van der Waals surface area contributed by atoms with Crippen LogP contribution in [0.1, 0.15) is 38.5 Å². The monoisotopic (exact) mass is 322 g/mol. The predicted molar refractivity (Wildman–Crippen MR) is 86.7 cm³/mol. The number of fused-ring (bicyclic) bond motifs is 1. The Kier molecular flexibility index (Phi) is 4.25. The molecule has 0 amide bonds. The smallest absolute Gasteiger partial charge is 0.280 e. The van der Waals surface area contributed by atoms with E-state index in [2.05, 4.69) is 11.6 Å². The summed E-state index contributed by atoms with van der Waals surface area (Å²) >= 11 is 0. The van der Waals surface area contributed by atoms with Gasteiger partial charge in [0.1, 0.15) is 11.3 Å². The maximum Gasteiger partial charge on any atom is 0.280 e. The summed E-state index contributed by atoms with van der Waals surface area (Å²) in [5.74, 6) is 1.04. The van der Waals surface area contributed by atoms with Crippen LogP contribution in [0, 0.1) is 5.92 Å². The molecule has 1 aliphatic rings. The highest BCUT2D eigenvalue weighted by Gasteiger charge is 2.29. The van der Waals surface area contributed by atoms with Crippen molar-refractivity contribution in [3.8, 4) is 0 Å². The normalized spacial score (nSPS) is 22.0. The molecule has 1 fully saturated rings. The van der Waals surface area contributed by atoms with E-state index < -0.39 is 16.3 Å². The zero-order valence-corrected chi connectivity index (χ0v) is 13.8. The van der Waals surface area contributed by atoms with Gasteiger partial charge in [-0.1, -0.05) is 25.1 Å². The highest BCUT2D eigenvalue weighted by atomic mass is 32.2. The van der Waals surface area contributed by atoms with Gasteiger partial charge in [-0.25, -0.2) is 0 Å². The second-order valence-electron chi connectivity index (χ2n) is 6.14. The molecule has 0 radical (unpaired) electrons. The van der Waals surface area contributed by atoms with Crippen LogP contribution in [0.25, 0.3) is 11.0 Å². The average Bonchev–Trinajstić information content (AvgIpc) is 2.91. The molecule has 0 saturated carbocycles. The largest absolute Gasteiger partial charge is 0.459 e. The minimum absolute atomic E-state index is 0.394. The third-order valence-corrected chi connectivity index (χ3v) is 5.82. The minimum atomic E-state index is -3.48. The molecular formula is C16H22N2O3S. The fourth-order valence-electron chi connectivity index (χ4n) is 2.94. The van der Waals surface area contributed by atoms with Crippen molar-refractivity contribution < 1.29 is 12.8 Å². The summed E-state index contributed by atoms with van der Waals surface area (Å²) in [6, 6.07) is 9.17. The number of hydrogen-bond acceptors (Lipinski definition) is 3. The molecule has 1 aliphatic heterocycles. The van der Waals surface area contributed by atoms with Crippen LogP contribution < -0.4 is 4.72 Å². The number of nitrogens with one attached hydrogen (secondary N) is 1. The lowest BCUT2D eigenvalue weighted by molar-refractivity contribution is 0.276. The fraction of sp³-hybridized carbons (Fsp3) is 0.500. The van der Waals surface area contributed by atoms with Crippen molar-refractivity contribution in [3.05, 3.63) is 36.1 Å². The first kappa shape index (κ1) is 15.5. The van der Waals surface area contributed by atoms with Crippen molar-refractivity contribution in [2.45, 2.75) is 32.7 Å². The van der Waals surface area contributed by atoms with Gasteiger partial charge in [-0.05, 0) is 37.8 Å². The third-order valence-electron chi connectivity index (χ3n) is 4.16. The number of nitrogens with zero attached hydrogens (tertiary/aromatic N) is 1. The first-order chi connectivity index (χ1) is 10.5. The van der Waals surface area contributed by atoms with E-state index >= 15 is 0 Å². The van der Waals surface area contributed by atoms with Crippen molar-refractivity contribution >= 4 is 21.2 Å². The van der Waals surface area contributed by atoms with E-state index in [1.165, 1.54) is 0 Å². The van der Waals surface area contributed by atoms with Crippen LogP contribution in [0.2, 0.25) is 0 Å². The van der Waals surface area contributed by atoms with Gasteiger partial charge in [0.2, 0.25) is 0 Å². The molecule has 2 aromatic rings. The minimum Gasteiger partial charge on any atom is -0.459 e. The molecule has 1 aromatic heterocycles. The van der Waals surface area contributed by atoms with Gasteiger partial charge < -0.3 is 4.42 Å². The summed E-state index contributed by atoms with van der Waals surface area (Å²) < 4.78 is 35.0. The zero-order valence-electron chi connectivity index (χ0n) is 13.0. The Bertz CT molecular complexity index is 721. The molecular weight excluding hydrogens is 300 g/mol. The highest BCUT2D eigenvalue weighted by molar-refractivity contribution is 7.87. The summed E-state index contributed by atoms with van der Waals surface area (Å²) in [5, 5.41) is 0.982. The number of furan rings is 1. The first-order valence-electron chi connectivity index (χ1n) is 7.71. The molecule has 0 bridgehead atoms. The summed E-state index contributed by atoms with van der Waals surface area (Å²) in [4.78, 5) is 0. The molecule has 0 spiro atoms. The summed E-state index contributed by atoms with van der Waals surface area (Å²) in [7, 11) is -3.48. The molecule has 3 rings (SSSR count).